The van der Waals surface area contributed by atoms with Crippen molar-refractivity contribution >= 4 is 17.8 Å². The van der Waals surface area contributed by atoms with Crippen LogP contribution >= 0.6 is 0 Å². The smallest absolute Gasteiger partial charge is 0.326 e. The van der Waals surface area contributed by atoms with E-state index < -0.39 is 23.4 Å². The highest BCUT2D eigenvalue weighted by Gasteiger charge is 2.29. The van der Waals surface area contributed by atoms with Gasteiger partial charge in [0, 0.05) is 5.56 Å². The molecule has 0 aromatic carbocycles. The van der Waals surface area contributed by atoms with Gasteiger partial charge in [-0.15, -0.1) is 0 Å². The van der Waals surface area contributed by atoms with Crippen LogP contribution in [0.15, 0.2) is 6.20 Å². The van der Waals surface area contributed by atoms with Crippen LogP contribution in [0.3, 0.4) is 0 Å². The third-order valence-corrected chi connectivity index (χ3v) is 3.01. The molecule has 2 heterocycles. The van der Waals surface area contributed by atoms with Crippen molar-refractivity contribution in [2.75, 3.05) is 11.9 Å². The third kappa shape index (κ3) is 3.48. The minimum Gasteiger partial charge on any atom is -0.459 e. The lowest BCUT2D eigenvalue weighted by molar-refractivity contribution is -0.155. The molecule has 2 amide bonds. The summed E-state index contributed by atoms with van der Waals surface area (Å²) in [5, 5.41) is 2.55. The Bertz CT molecular complexity index is 596. The largest absolute Gasteiger partial charge is 0.459 e. The molecule has 21 heavy (non-hydrogen) atoms. The van der Waals surface area contributed by atoms with Crippen LogP contribution in [-0.2, 0) is 16.1 Å². The Labute approximate surface area is 122 Å². The number of halogens is 1. The van der Waals surface area contributed by atoms with Crippen LogP contribution in [0.4, 0.5) is 15.0 Å². The first-order valence-corrected chi connectivity index (χ1v) is 6.59. The second kappa shape index (κ2) is 5.31. The number of amides is 2. The molecule has 0 fully saturated rings. The van der Waals surface area contributed by atoms with E-state index in [0.717, 1.165) is 6.20 Å². The standard InChI is InChI=1S/C14H18FN3O3/c1-8-9-6-18(7-11(19)21-14(2,3)4)13(20)17-12(9)16-5-10(8)15/h5H,6-7H2,1-4H3,(H,16,17,20). The molecule has 0 unspecified atom stereocenters. The molecule has 1 aromatic heterocycles. The van der Waals surface area contributed by atoms with E-state index in [1.165, 1.54) is 4.90 Å². The molecule has 114 valence electrons. The summed E-state index contributed by atoms with van der Waals surface area (Å²) in [6.07, 6.45) is 1.07. The number of nitrogens with one attached hydrogen (secondary N) is 1. The highest BCUT2D eigenvalue weighted by Crippen LogP contribution is 2.25. The van der Waals surface area contributed by atoms with Crippen molar-refractivity contribution in [1.82, 2.24) is 9.88 Å². The molecule has 0 atom stereocenters. The first kappa shape index (κ1) is 15.2. The van der Waals surface area contributed by atoms with Crippen molar-refractivity contribution < 1.29 is 18.7 Å². The van der Waals surface area contributed by atoms with Gasteiger partial charge in [-0.25, -0.2) is 14.2 Å². The molecule has 0 aliphatic carbocycles. The fourth-order valence-corrected chi connectivity index (χ4v) is 2.02. The van der Waals surface area contributed by atoms with E-state index in [1.807, 2.05) is 0 Å². The second-order valence-corrected chi connectivity index (χ2v) is 5.93. The number of esters is 1. The molecule has 1 aliphatic rings. The number of ether oxygens (including phenoxy) is 1. The fraction of sp³-hybridized carbons (Fsp3) is 0.500. The Morgan fingerprint density at radius 3 is 2.81 bits per heavy atom. The van der Waals surface area contributed by atoms with Gasteiger partial charge in [-0.05, 0) is 33.3 Å². The van der Waals surface area contributed by atoms with E-state index >= 15 is 0 Å². The summed E-state index contributed by atoms with van der Waals surface area (Å²) < 4.78 is 18.7. The Balaban J connectivity index is 2.15. The van der Waals surface area contributed by atoms with Crippen molar-refractivity contribution in [3.05, 3.63) is 23.1 Å². The van der Waals surface area contributed by atoms with Crippen molar-refractivity contribution in [2.24, 2.45) is 0 Å². The number of anilines is 1. The van der Waals surface area contributed by atoms with Crippen LogP contribution < -0.4 is 5.32 Å². The molecule has 6 nitrogen and oxygen atoms in total. The van der Waals surface area contributed by atoms with Crippen LogP contribution in [0.5, 0.6) is 0 Å². The first-order chi connectivity index (χ1) is 9.67. The number of aromatic nitrogens is 1. The monoisotopic (exact) mass is 295 g/mol. The maximum absolute atomic E-state index is 13.5. The number of carbonyl (C=O) groups is 2. The molecule has 0 saturated carbocycles. The van der Waals surface area contributed by atoms with Crippen molar-refractivity contribution in [3.63, 3.8) is 0 Å². The predicted molar refractivity (Wildman–Crippen MR) is 74.2 cm³/mol. The molecule has 0 spiro atoms. The summed E-state index contributed by atoms with van der Waals surface area (Å²) in [5.41, 5.74) is 0.359. The summed E-state index contributed by atoms with van der Waals surface area (Å²) >= 11 is 0. The van der Waals surface area contributed by atoms with Gasteiger partial charge in [-0.1, -0.05) is 0 Å². The van der Waals surface area contributed by atoms with Crippen molar-refractivity contribution in [3.8, 4) is 0 Å². The second-order valence-electron chi connectivity index (χ2n) is 5.93. The van der Waals surface area contributed by atoms with Gasteiger partial charge in [0.2, 0.25) is 0 Å². The lowest BCUT2D eigenvalue weighted by atomic mass is 10.1. The molecular weight excluding hydrogens is 277 g/mol. The van der Waals surface area contributed by atoms with Crippen LogP contribution in [-0.4, -0.2) is 34.0 Å². The van der Waals surface area contributed by atoms with Crippen LogP contribution in [0.2, 0.25) is 0 Å². The summed E-state index contributed by atoms with van der Waals surface area (Å²) in [6, 6.07) is -0.452. The Kier molecular flexibility index (Phi) is 3.85. The number of urea groups is 1. The van der Waals surface area contributed by atoms with Gasteiger partial charge in [-0.3, -0.25) is 10.1 Å². The number of hydrogen-bond acceptors (Lipinski definition) is 4. The lowest BCUT2D eigenvalue weighted by Gasteiger charge is -2.30. The number of nitrogens with zero attached hydrogens (tertiary/aromatic N) is 2. The highest BCUT2D eigenvalue weighted by atomic mass is 19.1. The van der Waals surface area contributed by atoms with Crippen molar-refractivity contribution in [1.29, 1.82) is 0 Å². The Morgan fingerprint density at radius 2 is 2.19 bits per heavy atom. The summed E-state index contributed by atoms with van der Waals surface area (Å²) in [7, 11) is 0. The van der Waals surface area contributed by atoms with Gasteiger partial charge in [0.15, 0.2) is 0 Å². The average molecular weight is 295 g/mol. The van der Waals surface area contributed by atoms with E-state index in [0.29, 0.717) is 16.9 Å². The zero-order valence-electron chi connectivity index (χ0n) is 12.5. The SMILES string of the molecule is Cc1c(F)cnc2c1CN(CC(=O)OC(C)(C)C)C(=O)N2. The third-order valence-electron chi connectivity index (χ3n) is 3.01. The molecule has 1 aromatic rings. The van der Waals surface area contributed by atoms with Gasteiger partial charge < -0.3 is 9.64 Å². The maximum Gasteiger partial charge on any atom is 0.326 e. The van der Waals surface area contributed by atoms with Gasteiger partial charge in [0.1, 0.15) is 23.8 Å². The first-order valence-electron chi connectivity index (χ1n) is 6.59. The zero-order valence-corrected chi connectivity index (χ0v) is 12.5. The summed E-state index contributed by atoms with van der Waals surface area (Å²) in [5.74, 6) is -0.621. The molecule has 0 saturated heterocycles. The molecule has 2 rings (SSSR count). The maximum atomic E-state index is 13.5. The molecule has 0 bridgehead atoms. The van der Waals surface area contributed by atoms with Crippen LogP contribution in [0.25, 0.3) is 0 Å². The predicted octanol–water partition coefficient (Wildman–Crippen LogP) is 2.22. The quantitative estimate of drug-likeness (QED) is 0.849. The summed E-state index contributed by atoms with van der Waals surface area (Å²) in [4.78, 5) is 28.9. The lowest BCUT2D eigenvalue weighted by Crippen LogP contribution is -2.43. The van der Waals surface area contributed by atoms with Crippen LogP contribution in [0.1, 0.15) is 31.9 Å². The molecule has 7 heteroatoms. The van der Waals surface area contributed by atoms with E-state index in [-0.39, 0.29) is 13.1 Å². The normalized spacial score (nSPS) is 14.5. The topological polar surface area (TPSA) is 71.5 Å². The Morgan fingerprint density at radius 1 is 1.52 bits per heavy atom. The van der Waals surface area contributed by atoms with Gasteiger partial charge in [-0.2, -0.15) is 0 Å². The number of hydrogen-bond donors (Lipinski definition) is 1. The Hall–Kier alpha value is -2.18. The zero-order chi connectivity index (χ0) is 15.8. The van der Waals surface area contributed by atoms with Gasteiger partial charge in [0.25, 0.3) is 0 Å². The average Bonchev–Trinajstić information content (AvgIpc) is 2.34. The molecular formula is C14H18FN3O3. The molecule has 1 N–H and O–H groups in total. The molecule has 1 aliphatic heterocycles. The molecule has 0 radical (unpaired) electrons. The summed E-state index contributed by atoms with van der Waals surface area (Å²) in [6.45, 7) is 6.79. The van der Waals surface area contributed by atoms with E-state index in [1.54, 1.807) is 27.7 Å². The van der Waals surface area contributed by atoms with Gasteiger partial charge >= 0.3 is 12.0 Å². The number of pyridine rings is 1. The number of fused-ring (bicyclic) bond motifs is 1. The minimum atomic E-state index is -0.620. The number of rotatable bonds is 2. The van der Waals surface area contributed by atoms with E-state index in [2.05, 4.69) is 10.3 Å². The minimum absolute atomic E-state index is 0.122. The van der Waals surface area contributed by atoms with E-state index in [4.69, 9.17) is 4.74 Å². The van der Waals surface area contributed by atoms with E-state index in [9.17, 15) is 14.0 Å². The van der Waals surface area contributed by atoms with Crippen molar-refractivity contribution in [2.45, 2.75) is 39.8 Å². The highest BCUT2D eigenvalue weighted by molar-refractivity contribution is 5.93. The number of carbonyl (C=O) groups excluding carboxylic acids is 2. The fourth-order valence-electron chi connectivity index (χ4n) is 2.02. The van der Waals surface area contributed by atoms with Crippen LogP contribution in [0, 0.1) is 12.7 Å². The van der Waals surface area contributed by atoms with Gasteiger partial charge in [0.05, 0.1) is 12.7 Å².